The molecule has 2 atom stereocenters. The van der Waals surface area contributed by atoms with Crippen molar-refractivity contribution in [2.24, 2.45) is 10.7 Å². The topological polar surface area (TPSA) is 172 Å². The maximum Gasteiger partial charge on any atom is 0.354 e. The van der Waals surface area contributed by atoms with E-state index in [4.69, 9.17) is 5.73 Å². The molecule has 0 bridgehead atoms. The van der Waals surface area contributed by atoms with Crippen molar-refractivity contribution < 1.29 is 29.7 Å². The number of carbonyl (C=O) groups is 3. The Balaban J connectivity index is 1.58. The summed E-state index contributed by atoms with van der Waals surface area (Å²) in [5.74, 6) is -1.97. The fourth-order valence-corrected chi connectivity index (χ4v) is 5.57. The fraction of sp³-hybridized carbons (Fsp3) is 0.333. The summed E-state index contributed by atoms with van der Waals surface area (Å²) in [4.78, 5) is 40.4. The lowest BCUT2D eigenvalue weighted by molar-refractivity contribution is -0.147. The number of nitrogens with two attached hydrogens (primary N) is 1. The van der Waals surface area contributed by atoms with E-state index in [1.54, 1.807) is 0 Å². The van der Waals surface area contributed by atoms with Crippen molar-refractivity contribution in [3.63, 3.8) is 0 Å². The van der Waals surface area contributed by atoms with Gasteiger partial charge in [-0.1, -0.05) is 0 Å². The summed E-state index contributed by atoms with van der Waals surface area (Å²) < 4.78 is 0. The van der Waals surface area contributed by atoms with Gasteiger partial charge in [-0.05, 0) is 5.57 Å². The highest BCUT2D eigenvalue weighted by Crippen LogP contribution is 2.41. The standard InChI is InChI=1S/C15H16N6O6S2/c16-10-12(23)20-11(15(26)27)6(4-29-13(10)20)3-28-9-1-7(14(24)25)17-8-2-19(5-22)18-21(8)9/h1-2,10,13,18,22H,3-5,16H2,(H,24,25)(H,26,27)/t10?,13-/m1/s1. The van der Waals surface area contributed by atoms with Crippen LogP contribution >= 0.6 is 23.5 Å². The molecule has 0 aromatic heterocycles. The highest BCUT2D eigenvalue weighted by Gasteiger charge is 2.51. The molecule has 0 spiro atoms. The second-order valence-electron chi connectivity index (χ2n) is 6.30. The van der Waals surface area contributed by atoms with Gasteiger partial charge in [-0.25, -0.2) is 19.6 Å². The summed E-state index contributed by atoms with van der Waals surface area (Å²) in [6.45, 7) is -0.362. The first kappa shape index (κ1) is 19.8. The van der Waals surface area contributed by atoms with E-state index in [0.29, 0.717) is 16.4 Å². The van der Waals surface area contributed by atoms with E-state index in [1.807, 2.05) is 0 Å². The van der Waals surface area contributed by atoms with Gasteiger partial charge in [0.05, 0.1) is 11.2 Å². The lowest BCUT2D eigenvalue weighted by Gasteiger charge is -2.48. The zero-order valence-electron chi connectivity index (χ0n) is 14.7. The van der Waals surface area contributed by atoms with Gasteiger partial charge in [-0.3, -0.25) is 14.7 Å². The minimum Gasteiger partial charge on any atom is -0.477 e. The molecule has 4 aliphatic heterocycles. The lowest BCUT2D eigenvalue weighted by Crippen LogP contribution is -2.68. The molecule has 0 aromatic rings. The van der Waals surface area contributed by atoms with Gasteiger partial charge in [0.2, 0.25) is 5.91 Å². The molecule has 14 heteroatoms. The number of β-lactam (4-membered cyclic amide) rings is 1. The molecule has 0 aromatic carbocycles. The first-order valence-electron chi connectivity index (χ1n) is 8.29. The van der Waals surface area contributed by atoms with Crippen molar-refractivity contribution in [3.05, 3.63) is 34.4 Å². The van der Waals surface area contributed by atoms with E-state index < -0.39 is 23.9 Å². The van der Waals surface area contributed by atoms with Gasteiger partial charge in [0.25, 0.3) is 0 Å². The molecule has 4 aliphatic rings. The van der Waals surface area contributed by atoms with Crippen LogP contribution in [0.4, 0.5) is 0 Å². The molecule has 0 saturated carbocycles. The molecular formula is C15H16N6O6S2. The molecule has 12 nitrogen and oxygen atoms in total. The number of hydrogen-bond acceptors (Lipinski definition) is 11. The number of aliphatic hydroxyl groups excluding tert-OH is 1. The number of aliphatic imine (C=N–C) groups is 1. The van der Waals surface area contributed by atoms with Crippen LogP contribution in [0.5, 0.6) is 0 Å². The Labute approximate surface area is 172 Å². The number of hydrazine groups is 2. The van der Waals surface area contributed by atoms with Crippen LogP contribution in [0.1, 0.15) is 0 Å². The van der Waals surface area contributed by atoms with Crippen LogP contribution in [0.3, 0.4) is 0 Å². The quantitative estimate of drug-likeness (QED) is 0.302. The van der Waals surface area contributed by atoms with Crippen LogP contribution in [0.2, 0.25) is 0 Å². The number of thioether (sulfide) groups is 2. The summed E-state index contributed by atoms with van der Waals surface area (Å²) in [7, 11) is 0. The van der Waals surface area contributed by atoms with Crippen molar-refractivity contribution in [2.45, 2.75) is 11.4 Å². The third kappa shape index (κ3) is 3.28. The molecule has 6 N–H and O–H groups in total. The predicted molar refractivity (Wildman–Crippen MR) is 103 cm³/mol. The van der Waals surface area contributed by atoms with E-state index in [2.05, 4.69) is 10.5 Å². The van der Waals surface area contributed by atoms with Gasteiger partial charge >= 0.3 is 11.9 Å². The van der Waals surface area contributed by atoms with Gasteiger partial charge in [0.1, 0.15) is 23.8 Å². The lowest BCUT2D eigenvalue weighted by atomic mass is 10.0. The molecule has 0 radical (unpaired) electrons. The van der Waals surface area contributed by atoms with Gasteiger partial charge in [0.15, 0.2) is 11.5 Å². The number of rotatable bonds is 6. The third-order valence-electron chi connectivity index (χ3n) is 4.50. The maximum atomic E-state index is 12.0. The summed E-state index contributed by atoms with van der Waals surface area (Å²) >= 11 is 2.59. The Morgan fingerprint density at radius 1 is 1.38 bits per heavy atom. The SMILES string of the molecule is NC1C(=O)N2C(C(=O)O)=C(CSC3=CC(C(=O)O)=NC4=CN(CO)NN43)CS[C@H]12. The number of carboxylic acids is 2. The highest BCUT2D eigenvalue weighted by atomic mass is 32.2. The van der Waals surface area contributed by atoms with E-state index >= 15 is 0 Å². The zero-order chi connectivity index (χ0) is 20.9. The van der Waals surface area contributed by atoms with E-state index in [-0.39, 0.29) is 35.1 Å². The van der Waals surface area contributed by atoms with Crippen molar-refractivity contribution >= 4 is 47.1 Å². The molecule has 4 heterocycles. The molecule has 1 saturated heterocycles. The van der Waals surface area contributed by atoms with E-state index in [0.717, 1.165) is 0 Å². The molecule has 29 heavy (non-hydrogen) atoms. The Bertz CT molecular complexity index is 930. The summed E-state index contributed by atoms with van der Waals surface area (Å²) in [6, 6.07) is -0.704. The van der Waals surface area contributed by atoms with Crippen LogP contribution in [0.25, 0.3) is 0 Å². The third-order valence-corrected chi connectivity index (χ3v) is 6.95. The first-order valence-corrected chi connectivity index (χ1v) is 10.3. The van der Waals surface area contributed by atoms with Gasteiger partial charge in [-0.2, -0.15) is 0 Å². The minimum absolute atomic E-state index is 0.0707. The summed E-state index contributed by atoms with van der Waals surface area (Å²) in [5, 5.41) is 31.1. The molecule has 0 aliphatic carbocycles. The molecule has 1 fully saturated rings. The number of nitrogens with one attached hydrogen (secondary N) is 1. The number of aliphatic carboxylic acids is 2. The second-order valence-corrected chi connectivity index (χ2v) is 8.40. The number of carbonyl (C=O) groups excluding carboxylic acids is 1. The highest BCUT2D eigenvalue weighted by molar-refractivity contribution is 8.03. The minimum atomic E-state index is -1.22. The van der Waals surface area contributed by atoms with Gasteiger partial charge in [0, 0.05) is 17.6 Å². The second kappa shape index (κ2) is 7.38. The van der Waals surface area contributed by atoms with Crippen LogP contribution in [0, 0.1) is 0 Å². The van der Waals surface area contributed by atoms with Crippen molar-refractivity contribution in [1.82, 2.24) is 20.5 Å². The Morgan fingerprint density at radius 3 is 2.79 bits per heavy atom. The smallest absolute Gasteiger partial charge is 0.354 e. The normalized spacial score (nSPS) is 25.8. The Morgan fingerprint density at radius 2 is 2.14 bits per heavy atom. The summed E-state index contributed by atoms with van der Waals surface area (Å²) in [6.07, 6.45) is 2.79. The van der Waals surface area contributed by atoms with Crippen LogP contribution < -0.4 is 11.3 Å². The van der Waals surface area contributed by atoms with Crippen molar-refractivity contribution in [1.29, 1.82) is 0 Å². The number of amides is 1. The summed E-state index contributed by atoms with van der Waals surface area (Å²) in [5.41, 5.74) is 8.85. The number of fused-ring (bicyclic) bond motifs is 2. The van der Waals surface area contributed by atoms with E-state index in [9.17, 15) is 29.7 Å². The Hall–Kier alpha value is -2.52. The largest absolute Gasteiger partial charge is 0.477 e. The zero-order valence-corrected chi connectivity index (χ0v) is 16.3. The van der Waals surface area contributed by atoms with Gasteiger partial charge < -0.3 is 21.1 Å². The van der Waals surface area contributed by atoms with E-state index in [1.165, 1.54) is 50.7 Å². The van der Waals surface area contributed by atoms with Crippen LogP contribution in [-0.4, -0.2) is 83.4 Å². The molecular weight excluding hydrogens is 424 g/mol. The number of carboxylic acid groups (broad SMARTS) is 2. The van der Waals surface area contributed by atoms with Crippen LogP contribution in [-0.2, 0) is 14.4 Å². The molecule has 154 valence electrons. The Kier molecular flexibility index (Phi) is 5.04. The molecule has 1 unspecified atom stereocenters. The number of nitrogens with zero attached hydrogens (tertiary/aromatic N) is 4. The first-order chi connectivity index (χ1) is 13.8. The average molecular weight is 440 g/mol. The van der Waals surface area contributed by atoms with Crippen LogP contribution in [0.15, 0.2) is 39.4 Å². The molecule has 1 amide bonds. The predicted octanol–water partition coefficient (Wildman–Crippen LogP) is -1.53. The number of hydrogen-bond donors (Lipinski definition) is 5. The van der Waals surface area contributed by atoms with Crippen molar-refractivity contribution in [3.8, 4) is 0 Å². The monoisotopic (exact) mass is 440 g/mol. The number of aliphatic hydroxyl groups is 1. The average Bonchev–Trinajstić information content (AvgIpc) is 3.13. The fourth-order valence-electron chi connectivity index (χ4n) is 3.12. The maximum absolute atomic E-state index is 12.0. The van der Waals surface area contributed by atoms with Gasteiger partial charge in [-0.15, -0.1) is 29.1 Å². The molecule has 4 rings (SSSR count). The van der Waals surface area contributed by atoms with Crippen molar-refractivity contribution in [2.75, 3.05) is 18.2 Å².